The first kappa shape index (κ1) is 14.5. The zero-order valence-corrected chi connectivity index (χ0v) is 11.8. The molecular formula is C14H27NO2. The molecule has 0 radical (unpaired) electrons. The molecule has 1 unspecified atom stereocenters. The minimum Gasteiger partial charge on any atom is -0.469 e. The summed E-state index contributed by atoms with van der Waals surface area (Å²) in [5, 5.41) is 0. The smallest absolute Gasteiger partial charge is 0.312 e. The molecule has 3 heteroatoms. The van der Waals surface area contributed by atoms with Gasteiger partial charge in [-0.1, -0.05) is 19.8 Å². The van der Waals surface area contributed by atoms with E-state index in [2.05, 4.69) is 11.8 Å². The number of carbonyl (C=O) groups excluding carboxylic acids is 1. The third-order valence-corrected chi connectivity index (χ3v) is 3.81. The summed E-state index contributed by atoms with van der Waals surface area (Å²) < 4.78 is 4.89. The maximum atomic E-state index is 11.7. The lowest BCUT2D eigenvalue weighted by molar-refractivity contribution is -0.152. The fraction of sp³-hybridized carbons (Fsp3) is 0.929. The average molecular weight is 241 g/mol. The molecule has 3 nitrogen and oxygen atoms in total. The first-order chi connectivity index (χ1) is 8.01. The van der Waals surface area contributed by atoms with Crippen LogP contribution in [-0.2, 0) is 9.53 Å². The lowest BCUT2D eigenvalue weighted by atomic mass is 9.91. The van der Waals surface area contributed by atoms with Crippen LogP contribution in [0.2, 0.25) is 0 Å². The minimum atomic E-state index is -0.396. The van der Waals surface area contributed by atoms with E-state index >= 15 is 0 Å². The Balaban J connectivity index is 2.65. The summed E-state index contributed by atoms with van der Waals surface area (Å²) in [5.74, 6) is -0.100. The van der Waals surface area contributed by atoms with Crippen LogP contribution in [0.15, 0.2) is 0 Å². The van der Waals surface area contributed by atoms with Gasteiger partial charge in [-0.2, -0.15) is 0 Å². The molecule has 0 amide bonds. The molecule has 0 aromatic carbocycles. The van der Waals surface area contributed by atoms with Crippen LogP contribution in [-0.4, -0.2) is 37.1 Å². The Bertz CT molecular complexity index is 251. The van der Waals surface area contributed by atoms with Gasteiger partial charge in [0.15, 0.2) is 0 Å². The van der Waals surface area contributed by atoms with E-state index in [4.69, 9.17) is 4.74 Å². The Morgan fingerprint density at radius 2 is 2.06 bits per heavy atom. The first-order valence-corrected chi connectivity index (χ1v) is 6.83. The molecular weight excluding hydrogens is 214 g/mol. The quantitative estimate of drug-likeness (QED) is 0.709. The van der Waals surface area contributed by atoms with Crippen LogP contribution < -0.4 is 0 Å². The summed E-state index contributed by atoms with van der Waals surface area (Å²) in [5.41, 5.74) is -0.396. The van der Waals surface area contributed by atoms with E-state index in [-0.39, 0.29) is 5.97 Å². The Hall–Kier alpha value is -0.570. The zero-order chi connectivity index (χ0) is 12.9. The van der Waals surface area contributed by atoms with Crippen molar-refractivity contribution in [2.24, 2.45) is 5.41 Å². The van der Waals surface area contributed by atoms with Crippen LogP contribution in [0.3, 0.4) is 0 Å². The third-order valence-electron chi connectivity index (χ3n) is 3.81. The number of rotatable bonds is 4. The Kier molecular flexibility index (Phi) is 5.44. The molecule has 1 atom stereocenters. The summed E-state index contributed by atoms with van der Waals surface area (Å²) in [7, 11) is 1.48. The Morgan fingerprint density at radius 1 is 1.35 bits per heavy atom. The highest BCUT2D eigenvalue weighted by atomic mass is 16.5. The van der Waals surface area contributed by atoms with Crippen molar-refractivity contribution >= 4 is 5.97 Å². The summed E-state index contributed by atoms with van der Waals surface area (Å²) in [6.45, 7) is 8.15. The highest BCUT2D eigenvalue weighted by Gasteiger charge is 2.33. The van der Waals surface area contributed by atoms with Crippen molar-refractivity contribution in [1.29, 1.82) is 0 Å². The van der Waals surface area contributed by atoms with Gasteiger partial charge in [0, 0.05) is 12.6 Å². The second kappa shape index (κ2) is 6.39. The summed E-state index contributed by atoms with van der Waals surface area (Å²) in [6, 6.07) is 0.640. The van der Waals surface area contributed by atoms with Gasteiger partial charge in [0.05, 0.1) is 12.5 Å². The minimum absolute atomic E-state index is 0.100. The molecule has 1 saturated heterocycles. The van der Waals surface area contributed by atoms with Gasteiger partial charge in [-0.25, -0.2) is 0 Å². The molecule has 0 N–H and O–H groups in total. The van der Waals surface area contributed by atoms with Gasteiger partial charge < -0.3 is 4.74 Å². The maximum absolute atomic E-state index is 11.7. The molecule has 0 spiro atoms. The van der Waals surface area contributed by atoms with Crippen molar-refractivity contribution in [1.82, 2.24) is 4.90 Å². The molecule has 1 fully saturated rings. The van der Waals surface area contributed by atoms with Gasteiger partial charge in [0.1, 0.15) is 0 Å². The molecule has 0 bridgehead atoms. The average Bonchev–Trinajstić information content (AvgIpc) is 2.52. The van der Waals surface area contributed by atoms with Crippen molar-refractivity contribution in [3.8, 4) is 0 Å². The molecule has 0 aromatic rings. The van der Waals surface area contributed by atoms with E-state index in [9.17, 15) is 4.79 Å². The molecule has 1 heterocycles. The van der Waals surface area contributed by atoms with Crippen molar-refractivity contribution in [2.75, 3.05) is 20.2 Å². The van der Waals surface area contributed by atoms with Crippen LogP contribution in [0.25, 0.3) is 0 Å². The predicted octanol–water partition coefficient (Wildman–Crippen LogP) is 2.84. The Morgan fingerprint density at radius 3 is 2.65 bits per heavy atom. The van der Waals surface area contributed by atoms with Gasteiger partial charge >= 0.3 is 5.97 Å². The highest BCUT2D eigenvalue weighted by Crippen LogP contribution is 2.25. The molecule has 0 saturated carbocycles. The lowest BCUT2D eigenvalue weighted by Crippen LogP contribution is -2.44. The number of ether oxygens (including phenoxy) is 1. The topological polar surface area (TPSA) is 29.5 Å². The number of likely N-dealkylation sites (tertiary alicyclic amines) is 1. The number of esters is 1. The van der Waals surface area contributed by atoms with Gasteiger partial charge in [-0.15, -0.1) is 0 Å². The second-order valence-corrected chi connectivity index (χ2v) is 5.76. The Labute approximate surface area is 106 Å². The van der Waals surface area contributed by atoms with Gasteiger partial charge in [0.2, 0.25) is 0 Å². The molecule has 100 valence electrons. The monoisotopic (exact) mass is 241 g/mol. The summed E-state index contributed by atoms with van der Waals surface area (Å²) >= 11 is 0. The fourth-order valence-corrected chi connectivity index (χ4v) is 2.76. The first-order valence-electron chi connectivity index (χ1n) is 6.83. The van der Waals surface area contributed by atoms with Crippen molar-refractivity contribution < 1.29 is 9.53 Å². The van der Waals surface area contributed by atoms with Crippen LogP contribution in [0.4, 0.5) is 0 Å². The number of nitrogens with zero attached hydrogens (tertiary/aromatic N) is 1. The van der Waals surface area contributed by atoms with E-state index < -0.39 is 5.41 Å². The summed E-state index contributed by atoms with van der Waals surface area (Å²) in [6.07, 6.45) is 6.36. The van der Waals surface area contributed by atoms with Crippen LogP contribution in [0.1, 0.15) is 52.9 Å². The molecule has 0 aromatic heterocycles. The van der Waals surface area contributed by atoms with Crippen LogP contribution in [0.5, 0.6) is 0 Å². The van der Waals surface area contributed by atoms with Gasteiger partial charge in [-0.3, -0.25) is 9.69 Å². The van der Waals surface area contributed by atoms with Crippen molar-refractivity contribution in [3.05, 3.63) is 0 Å². The van der Waals surface area contributed by atoms with Crippen LogP contribution in [0, 0.1) is 5.41 Å². The molecule has 1 aliphatic heterocycles. The summed E-state index contributed by atoms with van der Waals surface area (Å²) in [4.78, 5) is 14.2. The molecule has 1 aliphatic rings. The largest absolute Gasteiger partial charge is 0.469 e. The number of methoxy groups -OCH3 is 1. The maximum Gasteiger partial charge on any atom is 0.312 e. The molecule has 1 rings (SSSR count). The number of carbonyl (C=O) groups is 1. The number of hydrogen-bond donors (Lipinski definition) is 0. The fourth-order valence-electron chi connectivity index (χ4n) is 2.76. The van der Waals surface area contributed by atoms with Crippen LogP contribution >= 0.6 is 0 Å². The van der Waals surface area contributed by atoms with E-state index in [0.717, 1.165) is 13.1 Å². The highest BCUT2D eigenvalue weighted by molar-refractivity contribution is 5.76. The normalized spacial score (nSPS) is 23.2. The molecule has 0 aliphatic carbocycles. The molecule has 17 heavy (non-hydrogen) atoms. The second-order valence-electron chi connectivity index (χ2n) is 5.76. The van der Waals surface area contributed by atoms with Gasteiger partial charge in [-0.05, 0) is 39.7 Å². The van der Waals surface area contributed by atoms with E-state index in [1.54, 1.807) is 0 Å². The van der Waals surface area contributed by atoms with Crippen molar-refractivity contribution in [3.63, 3.8) is 0 Å². The third kappa shape index (κ3) is 3.98. The van der Waals surface area contributed by atoms with E-state index in [0.29, 0.717) is 6.04 Å². The SMILES string of the molecule is CCC1CCCCCN1CC(C)(C)C(=O)OC. The lowest BCUT2D eigenvalue weighted by Gasteiger charge is -2.35. The standard InChI is InChI=1S/C14H27NO2/c1-5-12-9-7-6-8-10-15(12)11-14(2,3)13(16)17-4/h12H,5-11H2,1-4H3. The van der Waals surface area contributed by atoms with Gasteiger partial charge in [0.25, 0.3) is 0 Å². The predicted molar refractivity (Wildman–Crippen MR) is 69.9 cm³/mol. The van der Waals surface area contributed by atoms with Crippen molar-refractivity contribution in [2.45, 2.75) is 58.9 Å². The zero-order valence-electron chi connectivity index (χ0n) is 11.8. The number of hydrogen-bond acceptors (Lipinski definition) is 3. The van der Waals surface area contributed by atoms with E-state index in [1.807, 2.05) is 13.8 Å². The van der Waals surface area contributed by atoms with E-state index in [1.165, 1.54) is 39.2 Å².